The summed E-state index contributed by atoms with van der Waals surface area (Å²) in [7, 11) is 0. The van der Waals surface area contributed by atoms with Crippen molar-refractivity contribution in [2.75, 3.05) is 13.2 Å². The Balaban J connectivity index is 2.65. The largest absolute Gasteiger partial charge is 0.489 e. The van der Waals surface area contributed by atoms with E-state index in [-0.39, 0.29) is 13.2 Å². The van der Waals surface area contributed by atoms with Gasteiger partial charge in [-0.25, -0.2) is 0 Å². The van der Waals surface area contributed by atoms with Crippen molar-refractivity contribution in [3.63, 3.8) is 0 Å². The lowest BCUT2D eigenvalue weighted by atomic mass is 10.2. The van der Waals surface area contributed by atoms with Gasteiger partial charge >= 0.3 is 0 Å². The third-order valence-electron chi connectivity index (χ3n) is 1.73. The molecule has 0 aliphatic heterocycles. The molecule has 0 fully saturated rings. The fraction of sp³-hybridized carbons (Fsp3) is 0.300. The van der Waals surface area contributed by atoms with Crippen molar-refractivity contribution in [2.45, 2.75) is 6.10 Å². The Morgan fingerprint density at radius 1 is 1.53 bits per heavy atom. The lowest BCUT2D eigenvalue weighted by Crippen LogP contribution is -2.21. The second-order valence-corrected chi connectivity index (χ2v) is 3.36. The maximum Gasteiger partial charge on any atom is 0.150 e. The summed E-state index contributed by atoms with van der Waals surface area (Å²) in [5, 5.41) is 17.9. The van der Waals surface area contributed by atoms with Gasteiger partial charge in [-0.2, -0.15) is 0 Å². The van der Waals surface area contributed by atoms with Gasteiger partial charge in [-0.15, -0.1) is 0 Å². The summed E-state index contributed by atoms with van der Waals surface area (Å²) < 4.78 is 5.13. The van der Waals surface area contributed by atoms with E-state index in [2.05, 4.69) is 0 Å². The highest BCUT2D eigenvalue weighted by Gasteiger charge is 2.06. The molecule has 0 radical (unpaired) electrons. The molecule has 0 aromatic heterocycles. The fourth-order valence-corrected chi connectivity index (χ4v) is 1.19. The molecule has 0 unspecified atom stereocenters. The number of ether oxygens (including phenoxy) is 1. The molecule has 1 aromatic carbocycles. The third-order valence-corrected chi connectivity index (χ3v) is 2.03. The maximum absolute atomic E-state index is 10.4. The van der Waals surface area contributed by atoms with Gasteiger partial charge in [0.25, 0.3) is 0 Å². The van der Waals surface area contributed by atoms with E-state index in [1.165, 1.54) is 12.1 Å². The zero-order valence-electron chi connectivity index (χ0n) is 7.89. The van der Waals surface area contributed by atoms with E-state index in [1.54, 1.807) is 6.07 Å². The standard InChI is InChI=1S/C10H11ClO4/c11-9-3-7(4-12)1-2-10(9)15-6-8(14)5-13/h1-4,8,13-14H,5-6H2/t8-/m1/s1. The number of halogens is 1. The van der Waals surface area contributed by atoms with E-state index in [4.69, 9.17) is 26.6 Å². The number of aliphatic hydroxyl groups excluding tert-OH is 2. The Hall–Kier alpha value is -1.10. The number of carbonyl (C=O) groups is 1. The van der Waals surface area contributed by atoms with Crippen LogP contribution in [0.1, 0.15) is 10.4 Å². The average molecular weight is 231 g/mol. The van der Waals surface area contributed by atoms with Gasteiger partial charge in [0.2, 0.25) is 0 Å². The molecule has 0 amide bonds. The molecular formula is C10H11ClO4. The van der Waals surface area contributed by atoms with Crippen LogP contribution in [0.5, 0.6) is 5.75 Å². The zero-order valence-corrected chi connectivity index (χ0v) is 8.65. The van der Waals surface area contributed by atoms with Gasteiger partial charge in [0.15, 0.2) is 0 Å². The minimum Gasteiger partial charge on any atom is -0.489 e. The maximum atomic E-state index is 10.4. The van der Waals surface area contributed by atoms with Gasteiger partial charge < -0.3 is 14.9 Å². The first-order chi connectivity index (χ1) is 7.17. The summed E-state index contributed by atoms with van der Waals surface area (Å²) in [6.07, 6.45) is -0.259. The molecule has 1 atom stereocenters. The molecule has 1 rings (SSSR count). The molecule has 15 heavy (non-hydrogen) atoms. The molecule has 0 aliphatic rings. The van der Waals surface area contributed by atoms with Crippen LogP contribution in [0, 0.1) is 0 Å². The number of hydrogen-bond donors (Lipinski definition) is 2. The Bertz CT molecular complexity index is 340. The minimum atomic E-state index is -0.938. The normalized spacial score (nSPS) is 12.2. The highest BCUT2D eigenvalue weighted by molar-refractivity contribution is 6.32. The Morgan fingerprint density at radius 3 is 2.80 bits per heavy atom. The number of aliphatic hydroxyl groups is 2. The molecule has 2 N–H and O–H groups in total. The molecule has 0 aliphatic carbocycles. The van der Waals surface area contributed by atoms with E-state index in [0.29, 0.717) is 22.6 Å². The predicted molar refractivity (Wildman–Crippen MR) is 55.4 cm³/mol. The predicted octanol–water partition coefficient (Wildman–Crippen LogP) is 0.884. The zero-order chi connectivity index (χ0) is 11.3. The average Bonchev–Trinajstić information content (AvgIpc) is 2.26. The van der Waals surface area contributed by atoms with Crippen LogP contribution < -0.4 is 4.74 Å². The van der Waals surface area contributed by atoms with Crippen LogP contribution in [0.4, 0.5) is 0 Å². The van der Waals surface area contributed by atoms with Crippen molar-refractivity contribution in [1.29, 1.82) is 0 Å². The number of aldehydes is 1. The molecular weight excluding hydrogens is 220 g/mol. The Labute approximate surface area is 92.1 Å². The van der Waals surface area contributed by atoms with Crippen LogP contribution in [0.2, 0.25) is 5.02 Å². The summed E-state index contributed by atoms with van der Waals surface area (Å²) in [5.74, 6) is 0.370. The Morgan fingerprint density at radius 2 is 2.27 bits per heavy atom. The van der Waals surface area contributed by atoms with Gasteiger partial charge in [-0.1, -0.05) is 11.6 Å². The topological polar surface area (TPSA) is 66.8 Å². The van der Waals surface area contributed by atoms with Crippen LogP contribution in [0.15, 0.2) is 18.2 Å². The lowest BCUT2D eigenvalue weighted by molar-refractivity contribution is 0.0536. The monoisotopic (exact) mass is 230 g/mol. The number of rotatable bonds is 5. The molecule has 5 heteroatoms. The smallest absolute Gasteiger partial charge is 0.150 e. The first-order valence-corrected chi connectivity index (χ1v) is 4.71. The van der Waals surface area contributed by atoms with E-state index in [1.807, 2.05) is 0 Å². The van der Waals surface area contributed by atoms with Crippen LogP contribution >= 0.6 is 11.6 Å². The molecule has 1 aromatic rings. The molecule has 4 nitrogen and oxygen atoms in total. The van der Waals surface area contributed by atoms with Crippen molar-refractivity contribution >= 4 is 17.9 Å². The van der Waals surface area contributed by atoms with Crippen molar-refractivity contribution < 1.29 is 19.7 Å². The molecule has 0 heterocycles. The van der Waals surface area contributed by atoms with E-state index in [9.17, 15) is 4.79 Å². The molecule has 0 saturated carbocycles. The summed E-state index contributed by atoms with van der Waals surface area (Å²) >= 11 is 5.81. The van der Waals surface area contributed by atoms with Crippen molar-refractivity contribution in [1.82, 2.24) is 0 Å². The van der Waals surface area contributed by atoms with Crippen molar-refractivity contribution in [3.05, 3.63) is 28.8 Å². The van der Waals surface area contributed by atoms with Gasteiger partial charge in [0.1, 0.15) is 24.7 Å². The van der Waals surface area contributed by atoms with Gasteiger partial charge in [-0.05, 0) is 18.2 Å². The summed E-state index contributed by atoms with van der Waals surface area (Å²) in [5.41, 5.74) is 0.454. The van der Waals surface area contributed by atoms with Crippen LogP contribution in [0.25, 0.3) is 0 Å². The van der Waals surface area contributed by atoms with E-state index in [0.717, 1.165) is 0 Å². The van der Waals surface area contributed by atoms with E-state index < -0.39 is 6.10 Å². The molecule has 0 spiro atoms. The minimum absolute atomic E-state index is 0.0450. The summed E-state index contributed by atoms with van der Waals surface area (Å²) in [4.78, 5) is 10.4. The van der Waals surface area contributed by atoms with Gasteiger partial charge in [-0.3, -0.25) is 4.79 Å². The lowest BCUT2D eigenvalue weighted by Gasteiger charge is -2.11. The van der Waals surface area contributed by atoms with Gasteiger partial charge in [0.05, 0.1) is 11.6 Å². The second-order valence-electron chi connectivity index (χ2n) is 2.96. The van der Waals surface area contributed by atoms with Crippen LogP contribution in [-0.2, 0) is 0 Å². The van der Waals surface area contributed by atoms with Crippen molar-refractivity contribution in [2.24, 2.45) is 0 Å². The quantitative estimate of drug-likeness (QED) is 0.737. The highest BCUT2D eigenvalue weighted by atomic mass is 35.5. The summed E-state index contributed by atoms with van der Waals surface area (Å²) in [6.45, 7) is -0.416. The van der Waals surface area contributed by atoms with Crippen molar-refractivity contribution in [3.8, 4) is 5.75 Å². The number of hydrogen-bond acceptors (Lipinski definition) is 4. The molecule has 0 saturated heterocycles. The third kappa shape index (κ3) is 3.51. The molecule has 82 valence electrons. The van der Waals surface area contributed by atoms with Crippen LogP contribution in [-0.4, -0.2) is 35.8 Å². The van der Waals surface area contributed by atoms with Gasteiger partial charge in [0, 0.05) is 5.56 Å². The second kappa shape index (κ2) is 5.70. The SMILES string of the molecule is O=Cc1ccc(OC[C@H](O)CO)c(Cl)c1. The first-order valence-electron chi connectivity index (χ1n) is 4.34. The number of benzene rings is 1. The van der Waals surface area contributed by atoms with E-state index >= 15 is 0 Å². The van der Waals surface area contributed by atoms with Crippen LogP contribution in [0.3, 0.4) is 0 Å². The number of carbonyl (C=O) groups excluding carboxylic acids is 1. The Kier molecular flexibility index (Phi) is 4.55. The summed E-state index contributed by atoms with van der Waals surface area (Å²) in [6, 6.07) is 4.56. The molecule has 0 bridgehead atoms. The highest BCUT2D eigenvalue weighted by Crippen LogP contribution is 2.24. The first kappa shape index (κ1) is 12.0. The fourth-order valence-electron chi connectivity index (χ4n) is 0.946.